The Hall–Kier alpha value is -6.25. The van der Waals surface area contributed by atoms with Crippen molar-refractivity contribution in [3.8, 4) is 50.2 Å². The van der Waals surface area contributed by atoms with Crippen molar-refractivity contribution >= 4 is 32.6 Å². The molecule has 9 aromatic rings. The summed E-state index contributed by atoms with van der Waals surface area (Å²) in [6, 6.07) is 48.5. The molecule has 0 amide bonds. The Morgan fingerprint density at radius 2 is 1.00 bits per heavy atom. The van der Waals surface area contributed by atoms with Crippen molar-refractivity contribution < 1.29 is 6.85 Å². The maximum Gasteiger partial charge on any atom is 0.114 e. The zero-order chi connectivity index (χ0) is 37.1. The Morgan fingerprint density at radius 3 is 1.63 bits per heavy atom. The van der Waals surface area contributed by atoms with Gasteiger partial charge in [-0.1, -0.05) is 158 Å². The third-order valence-corrected chi connectivity index (χ3v) is 9.48. The monoisotopic (exact) mass is 631 g/mol. The molecular weight excluding hydrogens is 593 g/mol. The summed E-state index contributed by atoms with van der Waals surface area (Å²) < 4.78 is 44.8. The van der Waals surface area contributed by atoms with E-state index in [0.29, 0.717) is 5.56 Å². The van der Waals surface area contributed by atoms with Gasteiger partial charge in [-0.3, -0.25) is 4.57 Å². The summed E-state index contributed by atoms with van der Waals surface area (Å²) in [5.41, 5.74) is 10.2. The molecule has 9 rings (SSSR count). The van der Waals surface area contributed by atoms with Crippen molar-refractivity contribution in [3.05, 3.63) is 182 Å². The molecular formula is C47H34N2. The minimum absolute atomic E-state index is 0.196. The summed E-state index contributed by atoms with van der Waals surface area (Å²) >= 11 is 0. The number of rotatable bonds is 6. The number of nitrogens with zero attached hydrogens (tertiary/aromatic N) is 2. The minimum Gasteiger partial charge on any atom is -0.296 e. The molecule has 0 spiro atoms. The highest BCUT2D eigenvalue weighted by molar-refractivity contribution is 6.22. The molecule has 0 aliphatic rings. The Balaban J connectivity index is 1.17. The van der Waals surface area contributed by atoms with E-state index in [4.69, 9.17) is 11.8 Å². The van der Waals surface area contributed by atoms with Gasteiger partial charge < -0.3 is 0 Å². The number of aromatic nitrogens is 2. The molecule has 232 valence electrons. The SMILES string of the molecule is [2H]c1c([2H])c([2H])c(-c2ccccc2-c2c3ccccc3c(-c3ccc(-c4ccc(-n5c(CC)nc6ccccc65)cc4)cc3)c3ccccc23)c([2H])c1[2H]. The van der Waals surface area contributed by atoms with Crippen LogP contribution in [0.25, 0.3) is 82.8 Å². The smallest absolute Gasteiger partial charge is 0.114 e. The van der Waals surface area contributed by atoms with Gasteiger partial charge in [-0.2, -0.15) is 0 Å². The Bertz CT molecular complexity index is 2830. The van der Waals surface area contributed by atoms with Crippen LogP contribution < -0.4 is 0 Å². The van der Waals surface area contributed by atoms with Crippen LogP contribution in [0.5, 0.6) is 0 Å². The number of imidazole rings is 1. The average molecular weight is 632 g/mol. The first-order chi connectivity index (χ1) is 26.4. The second-order valence-electron chi connectivity index (χ2n) is 12.2. The minimum atomic E-state index is -0.400. The molecule has 0 fully saturated rings. The molecule has 0 bridgehead atoms. The van der Waals surface area contributed by atoms with Gasteiger partial charge in [0.05, 0.1) is 17.9 Å². The standard InChI is InChI=1S/C47H34N2/c1-2-45-48-43-22-12-13-23-44(43)49(45)36-30-28-33(29-31-36)32-24-26-35(27-25-32)46-39-18-8-10-20-41(39)47(42-21-11-9-19-40(42)46)38-17-7-6-16-37(38)34-14-4-3-5-15-34/h3-31H,2H2,1H3/i3D,4D,5D,14D,15D. The van der Waals surface area contributed by atoms with Crippen LogP contribution in [0.2, 0.25) is 0 Å². The fourth-order valence-corrected chi connectivity index (χ4v) is 7.27. The van der Waals surface area contributed by atoms with Crippen LogP contribution in [-0.4, -0.2) is 9.55 Å². The van der Waals surface area contributed by atoms with E-state index in [-0.39, 0.29) is 29.7 Å². The lowest BCUT2D eigenvalue weighted by Crippen LogP contribution is -1.99. The van der Waals surface area contributed by atoms with E-state index >= 15 is 0 Å². The van der Waals surface area contributed by atoms with Crippen molar-refractivity contribution in [1.29, 1.82) is 0 Å². The lowest BCUT2D eigenvalue weighted by Gasteiger charge is -2.19. The third-order valence-electron chi connectivity index (χ3n) is 9.48. The predicted octanol–water partition coefficient (Wildman–Crippen LogP) is 12.6. The first-order valence-electron chi connectivity index (χ1n) is 19.1. The number of hydrogen-bond donors (Lipinski definition) is 0. The van der Waals surface area contributed by atoms with E-state index in [1.165, 1.54) is 0 Å². The maximum absolute atomic E-state index is 8.80. The molecule has 2 heteroatoms. The van der Waals surface area contributed by atoms with Crippen molar-refractivity contribution in [1.82, 2.24) is 9.55 Å². The number of benzene rings is 8. The first-order valence-corrected chi connectivity index (χ1v) is 16.6. The third kappa shape index (κ3) is 4.92. The Labute approximate surface area is 293 Å². The number of hydrogen-bond acceptors (Lipinski definition) is 1. The van der Waals surface area contributed by atoms with E-state index in [1.54, 1.807) is 0 Å². The largest absolute Gasteiger partial charge is 0.296 e. The van der Waals surface area contributed by atoms with E-state index < -0.39 is 6.04 Å². The van der Waals surface area contributed by atoms with Crippen LogP contribution in [0.3, 0.4) is 0 Å². The summed E-state index contributed by atoms with van der Waals surface area (Å²) in [6.45, 7) is 2.14. The fraction of sp³-hybridized carbons (Fsp3) is 0.0426. The van der Waals surface area contributed by atoms with Crippen molar-refractivity contribution in [2.75, 3.05) is 0 Å². The second kappa shape index (κ2) is 12.1. The Morgan fingerprint density at radius 1 is 0.490 bits per heavy atom. The molecule has 0 N–H and O–H groups in total. The van der Waals surface area contributed by atoms with Crippen LogP contribution in [-0.2, 0) is 6.42 Å². The molecule has 49 heavy (non-hydrogen) atoms. The summed E-state index contributed by atoms with van der Waals surface area (Å²) in [4.78, 5) is 4.85. The van der Waals surface area contributed by atoms with Gasteiger partial charge in [0.15, 0.2) is 0 Å². The summed E-state index contributed by atoms with van der Waals surface area (Å²) in [7, 11) is 0. The molecule has 0 saturated carbocycles. The van der Waals surface area contributed by atoms with Gasteiger partial charge in [0.2, 0.25) is 0 Å². The zero-order valence-electron chi connectivity index (χ0n) is 32.0. The van der Waals surface area contributed by atoms with E-state index in [2.05, 4.69) is 115 Å². The molecule has 1 heterocycles. The lowest BCUT2D eigenvalue weighted by molar-refractivity contribution is 0.908. The summed E-state index contributed by atoms with van der Waals surface area (Å²) in [6.07, 6.45) is 0.840. The summed E-state index contributed by atoms with van der Waals surface area (Å²) in [5.74, 6) is 1.04. The Kier molecular flexibility index (Phi) is 5.91. The summed E-state index contributed by atoms with van der Waals surface area (Å²) in [5, 5.41) is 4.17. The molecule has 0 saturated heterocycles. The van der Waals surface area contributed by atoms with Gasteiger partial charge in [0, 0.05) is 12.1 Å². The highest BCUT2D eigenvalue weighted by atomic mass is 15.1. The van der Waals surface area contributed by atoms with E-state index in [1.807, 2.05) is 42.5 Å². The highest BCUT2D eigenvalue weighted by Crippen LogP contribution is 2.46. The first kappa shape index (κ1) is 24.0. The van der Waals surface area contributed by atoms with Gasteiger partial charge in [-0.05, 0) is 90.3 Å². The van der Waals surface area contributed by atoms with Crippen LogP contribution in [0, 0.1) is 0 Å². The van der Waals surface area contributed by atoms with E-state index in [9.17, 15) is 0 Å². The lowest BCUT2D eigenvalue weighted by atomic mass is 9.83. The van der Waals surface area contributed by atoms with Gasteiger partial charge in [-0.15, -0.1) is 0 Å². The number of aryl methyl sites for hydroxylation is 1. The normalized spacial score (nSPS) is 12.9. The van der Waals surface area contributed by atoms with Crippen molar-refractivity contribution in [2.24, 2.45) is 0 Å². The van der Waals surface area contributed by atoms with Crippen molar-refractivity contribution in [2.45, 2.75) is 13.3 Å². The van der Waals surface area contributed by atoms with Gasteiger partial charge in [0.25, 0.3) is 0 Å². The molecule has 8 aromatic carbocycles. The number of para-hydroxylation sites is 2. The molecule has 0 unspecified atom stereocenters. The second-order valence-corrected chi connectivity index (χ2v) is 12.2. The molecule has 1 aromatic heterocycles. The molecule has 0 aliphatic heterocycles. The average Bonchev–Trinajstić information content (AvgIpc) is 3.61. The molecule has 0 radical (unpaired) electrons. The van der Waals surface area contributed by atoms with Crippen LogP contribution in [0.4, 0.5) is 0 Å². The molecule has 0 atom stereocenters. The maximum atomic E-state index is 8.80. The topological polar surface area (TPSA) is 17.8 Å². The highest BCUT2D eigenvalue weighted by Gasteiger charge is 2.19. The zero-order valence-corrected chi connectivity index (χ0v) is 27.0. The predicted molar refractivity (Wildman–Crippen MR) is 207 cm³/mol. The number of fused-ring (bicyclic) bond motifs is 3. The fourth-order valence-electron chi connectivity index (χ4n) is 7.27. The quantitative estimate of drug-likeness (QED) is 0.167. The van der Waals surface area contributed by atoms with Crippen LogP contribution in [0.15, 0.2) is 176 Å². The van der Waals surface area contributed by atoms with Crippen LogP contribution >= 0.6 is 0 Å². The molecule has 0 aliphatic carbocycles. The van der Waals surface area contributed by atoms with Gasteiger partial charge >= 0.3 is 0 Å². The molecule has 2 nitrogen and oxygen atoms in total. The van der Waals surface area contributed by atoms with E-state index in [0.717, 1.165) is 83.9 Å². The van der Waals surface area contributed by atoms with Crippen molar-refractivity contribution in [3.63, 3.8) is 0 Å². The van der Waals surface area contributed by atoms with Gasteiger partial charge in [-0.25, -0.2) is 4.98 Å². The van der Waals surface area contributed by atoms with Gasteiger partial charge in [0.1, 0.15) is 5.82 Å². The van der Waals surface area contributed by atoms with Crippen LogP contribution in [0.1, 0.15) is 19.6 Å².